The number of aromatic amines is 1. The van der Waals surface area contributed by atoms with Gasteiger partial charge in [-0.05, 0) is 5.56 Å². The van der Waals surface area contributed by atoms with Gasteiger partial charge in [0, 0.05) is 19.2 Å². The highest BCUT2D eigenvalue weighted by atomic mass is 16.1. The van der Waals surface area contributed by atoms with Gasteiger partial charge in [0.25, 0.3) is 5.56 Å². The number of hydrogen-bond acceptors (Lipinski definition) is 3. The van der Waals surface area contributed by atoms with Crippen molar-refractivity contribution in [3.8, 4) is 6.07 Å². The monoisotopic (exact) mass is 264 g/mol. The third kappa shape index (κ3) is 1.79. The van der Waals surface area contributed by atoms with Crippen molar-refractivity contribution in [2.45, 2.75) is 6.42 Å². The molecular formula is C15H12N4O. The van der Waals surface area contributed by atoms with Crippen molar-refractivity contribution in [1.82, 2.24) is 14.5 Å². The smallest absolute Gasteiger partial charge is 0.275 e. The van der Waals surface area contributed by atoms with E-state index in [1.165, 1.54) is 6.33 Å². The lowest BCUT2D eigenvalue weighted by Gasteiger charge is -2.04. The number of nitrogens with zero attached hydrogens (tertiary/aromatic N) is 3. The predicted molar refractivity (Wildman–Crippen MR) is 75.3 cm³/mol. The highest BCUT2D eigenvalue weighted by molar-refractivity contribution is 5.83. The second-order valence-corrected chi connectivity index (χ2v) is 4.58. The normalized spacial score (nSPS) is 10.6. The summed E-state index contributed by atoms with van der Waals surface area (Å²) in [6, 6.07) is 12.0. The van der Waals surface area contributed by atoms with E-state index in [9.17, 15) is 10.1 Å². The molecule has 2 heterocycles. The van der Waals surface area contributed by atoms with Crippen molar-refractivity contribution in [1.29, 1.82) is 5.26 Å². The molecule has 0 fully saturated rings. The molecule has 0 spiro atoms. The summed E-state index contributed by atoms with van der Waals surface area (Å²) < 4.78 is 1.76. The van der Waals surface area contributed by atoms with E-state index in [1.807, 2.05) is 30.3 Å². The van der Waals surface area contributed by atoms with Crippen LogP contribution in [0.3, 0.4) is 0 Å². The molecule has 20 heavy (non-hydrogen) atoms. The van der Waals surface area contributed by atoms with Crippen LogP contribution in [0.1, 0.15) is 16.8 Å². The van der Waals surface area contributed by atoms with Crippen LogP contribution in [0.25, 0.3) is 11.0 Å². The van der Waals surface area contributed by atoms with Gasteiger partial charge in [0.1, 0.15) is 17.1 Å². The van der Waals surface area contributed by atoms with Gasteiger partial charge in [-0.3, -0.25) is 4.79 Å². The molecule has 3 aromatic rings. The van der Waals surface area contributed by atoms with Crippen LogP contribution in [0, 0.1) is 11.3 Å². The van der Waals surface area contributed by atoms with Crippen LogP contribution in [-0.4, -0.2) is 14.5 Å². The molecule has 5 heteroatoms. The summed E-state index contributed by atoms with van der Waals surface area (Å²) in [5, 5.41) is 9.38. The summed E-state index contributed by atoms with van der Waals surface area (Å²) >= 11 is 0. The highest BCUT2D eigenvalue weighted by Crippen LogP contribution is 2.22. The zero-order valence-corrected chi connectivity index (χ0v) is 10.9. The Labute approximate surface area is 115 Å². The molecule has 0 unspecified atom stereocenters. The largest absolute Gasteiger partial charge is 0.340 e. The number of H-pyrrole nitrogens is 1. The van der Waals surface area contributed by atoms with Crippen molar-refractivity contribution >= 4 is 11.0 Å². The molecule has 0 aliphatic rings. The molecule has 1 N–H and O–H groups in total. The van der Waals surface area contributed by atoms with E-state index < -0.39 is 0 Å². The Hall–Kier alpha value is -2.87. The van der Waals surface area contributed by atoms with Gasteiger partial charge in [0.05, 0.1) is 11.9 Å². The SMILES string of the molecule is Cn1c(Cc2ccccc2)c(C#N)c2nc[nH]c(=O)c21. The molecule has 1 aromatic carbocycles. The summed E-state index contributed by atoms with van der Waals surface area (Å²) in [5.41, 5.74) is 3.04. The molecule has 2 aromatic heterocycles. The Morgan fingerprint density at radius 1 is 1.35 bits per heavy atom. The number of nitriles is 1. The molecule has 0 aliphatic heterocycles. The fourth-order valence-electron chi connectivity index (χ4n) is 2.44. The van der Waals surface area contributed by atoms with Crippen molar-refractivity contribution in [3.63, 3.8) is 0 Å². The number of nitrogens with one attached hydrogen (secondary N) is 1. The summed E-state index contributed by atoms with van der Waals surface area (Å²) in [6.07, 6.45) is 1.92. The lowest BCUT2D eigenvalue weighted by molar-refractivity contribution is 0.870. The quantitative estimate of drug-likeness (QED) is 0.765. The van der Waals surface area contributed by atoms with E-state index in [2.05, 4.69) is 16.0 Å². The van der Waals surface area contributed by atoms with E-state index in [0.717, 1.165) is 11.3 Å². The minimum atomic E-state index is -0.228. The van der Waals surface area contributed by atoms with E-state index in [1.54, 1.807) is 11.6 Å². The number of fused-ring (bicyclic) bond motifs is 1. The molecule has 3 rings (SSSR count). The van der Waals surface area contributed by atoms with Crippen molar-refractivity contribution < 1.29 is 0 Å². The standard InChI is InChI=1S/C15H12N4O/c1-19-12(7-10-5-3-2-4-6-10)11(8-16)13-14(19)15(20)18-9-17-13/h2-6,9H,7H2,1H3,(H,17,18,20). The maximum absolute atomic E-state index is 11.9. The van der Waals surface area contributed by atoms with E-state index >= 15 is 0 Å². The molecule has 0 amide bonds. The average molecular weight is 264 g/mol. The zero-order chi connectivity index (χ0) is 14.1. The first-order valence-corrected chi connectivity index (χ1v) is 6.21. The van der Waals surface area contributed by atoms with Crippen LogP contribution in [0.5, 0.6) is 0 Å². The Morgan fingerprint density at radius 3 is 2.80 bits per heavy atom. The predicted octanol–water partition coefficient (Wildman–Crippen LogP) is 1.72. The number of aromatic nitrogens is 3. The Kier molecular flexibility index (Phi) is 2.84. The van der Waals surface area contributed by atoms with Gasteiger partial charge in [0.2, 0.25) is 0 Å². The van der Waals surface area contributed by atoms with Crippen LogP contribution < -0.4 is 5.56 Å². The fourth-order valence-corrected chi connectivity index (χ4v) is 2.44. The van der Waals surface area contributed by atoms with Crippen molar-refractivity contribution in [3.05, 3.63) is 63.8 Å². The van der Waals surface area contributed by atoms with Crippen LogP contribution in [0.15, 0.2) is 41.5 Å². The van der Waals surface area contributed by atoms with Crippen LogP contribution >= 0.6 is 0 Å². The topological polar surface area (TPSA) is 74.5 Å². The Bertz CT molecular complexity index is 869. The molecule has 0 radical (unpaired) electrons. The minimum Gasteiger partial charge on any atom is -0.340 e. The first kappa shape index (κ1) is 12.2. The lowest BCUT2D eigenvalue weighted by atomic mass is 10.1. The molecule has 5 nitrogen and oxygen atoms in total. The van der Waals surface area contributed by atoms with E-state index in [-0.39, 0.29) is 5.56 Å². The van der Waals surface area contributed by atoms with Gasteiger partial charge in [-0.1, -0.05) is 30.3 Å². The molecular weight excluding hydrogens is 252 g/mol. The average Bonchev–Trinajstić information content (AvgIpc) is 2.74. The third-order valence-corrected chi connectivity index (χ3v) is 3.42. The number of benzene rings is 1. The van der Waals surface area contributed by atoms with E-state index in [0.29, 0.717) is 23.0 Å². The number of aryl methyl sites for hydroxylation is 1. The highest BCUT2D eigenvalue weighted by Gasteiger charge is 2.18. The van der Waals surface area contributed by atoms with Gasteiger partial charge in [-0.2, -0.15) is 5.26 Å². The Morgan fingerprint density at radius 2 is 2.10 bits per heavy atom. The maximum atomic E-state index is 11.9. The van der Waals surface area contributed by atoms with Crippen LogP contribution in [-0.2, 0) is 13.5 Å². The number of rotatable bonds is 2. The van der Waals surface area contributed by atoms with Crippen molar-refractivity contribution in [2.24, 2.45) is 7.05 Å². The molecule has 0 saturated carbocycles. The fraction of sp³-hybridized carbons (Fsp3) is 0.133. The van der Waals surface area contributed by atoms with Crippen molar-refractivity contribution in [2.75, 3.05) is 0 Å². The zero-order valence-electron chi connectivity index (χ0n) is 10.9. The van der Waals surface area contributed by atoms with Crippen LogP contribution in [0.4, 0.5) is 0 Å². The second-order valence-electron chi connectivity index (χ2n) is 4.58. The van der Waals surface area contributed by atoms with Gasteiger partial charge >= 0.3 is 0 Å². The van der Waals surface area contributed by atoms with Gasteiger partial charge in [0.15, 0.2) is 0 Å². The molecule has 0 bridgehead atoms. The summed E-state index contributed by atoms with van der Waals surface area (Å²) in [7, 11) is 1.79. The van der Waals surface area contributed by atoms with Gasteiger partial charge in [-0.25, -0.2) is 4.98 Å². The minimum absolute atomic E-state index is 0.228. The molecule has 98 valence electrons. The molecule has 0 aliphatic carbocycles. The first-order chi connectivity index (χ1) is 9.72. The van der Waals surface area contributed by atoms with Gasteiger partial charge in [-0.15, -0.1) is 0 Å². The molecule has 0 saturated heterocycles. The molecule has 0 atom stereocenters. The first-order valence-electron chi connectivity index (χ1n) is 6.21. The Balaban J connectivity index is 2.26. The lowest BCUT2D eigenvalue weighted by Crippen LogP contribution is -2.10. The summed E-state index contributed by atoms with van der Waals surface area (Å²) in [6.45, 7) is 0. The van der Waals surface area contributed by atoms with Gasteiger partial charge < -0.3 is 9.55 Å². The van der Waals surface area contributed by atoms with Crippen LogP contribution in [0.2, 0.25) is 0 Å². The summed E-state index contributed by atoms with van der Waals surface area (Å²) in [4.78, 5) is 18.6. The third-order valence-electron chi connectivity index (χ3n) is 3.42. The maximum Gasteiger partial charge on any atom is 0.275 e. The number of hydrogen-bond donors (Lipinski definition) is 1. The second kappa shape index (κ2) is 4.67. The van der Waals surface area contributed by atoms with E-state index in [4.69, 9.17) is 0 Å². The summed E-state index contributed by atoms with van der Waals surface area (Å²) in [5.74, 6) is 0.